The van der Waals surface area contributed by atoms with Crippen LogP contribution in [-0.4, -0.2) is 46.5 Å². The molecule has 1 N–H and O–H groups in total. The van der Waals surface area contributed by atoms with Crippen molar-refractivity contribution in [1.82, 2.24) is 20.2 Å². The maximum absolute atomic E-state index is 12.7. The number of halogens is 2. The lowest BCUT2D eigenvalue weighted by Crippen LogP contribution is -2.42. The van der Waals surface area contributed by atoms with Crippen molar-refractivity contribution < 1.29 is 4.79 Å². The molecule has 2 aromatic rings. The zero-order valence-corrected chi connectivity index (χ0v) is 16.6. The van der Waals surface area contributed by atoms with Crippen LogP contribution in [0.4, 0.5) is 0 Å². The van der Waals surface area contributed by atoms with Gasteiger partial charge in [0.25, 0.3) is 0 Å². The number of carbonyl (C=O) groups is 1. The van der Waals surface area contributed by atoms with Crippen molar-refractivity contribution in [2.24, 2.45) is 0 Å². The number of aromatic nitrogens is 2. The molecule has 8 heteroatoms. The molecule has 1 aliphatic rings. The lowest BCUT2D eigenvalue weighted by Gasteiger charge is -2.28. The Labute approximate surface area is 165 Å². The van der Waals surface area contributed by atoms with E-state index in [1.54, 1.807) is 17.5 Å². The number of carbonyl (C=O) groups excluding carboxylic acids is 1. The number of pyridine rings is 1. The van der Waals surface area contributed by atoms with Gasteiger partial charge in [-0.05, 0) is 31.5 Å². The first-order valence-electron chi connectivity index (χ1n) is 8.14. The van der Waals surface area contributed by atoms with Crippen LogP contribution in [0.3, 0.4) is 0 Å². The van der Waals surface area contributed by atoms with Gasteiger partial charge in [-0.25, -0.2) is 4.98 Å². The van der Waals surface area contributed by atoms with E-state index in [2.05, 4.69) is 22.2 Å². The van der Waals surface area contributed by atoms with Gasteiger partial charge in [-0.15, -0.1) is 36.2 Å². The molecule has 5 nitrogen and oxygen atoms in total. The number of hydrogen-bond donors (Lipinski definition) is 1. The van der Waals surface area contributed by atoms with Crippen molar-refractivity contribution in [3.63, 3.8) is 0 Å². The molecule has 0 aliphatic carbocycles. The Morgan fingerprint density at radius 1 is 1.40 bits per heavy atom. The van der Waals surface area contributed by atoms with Crippen LogP contribution in [0.5, 0.6) is 0 Å². The highest BCUT2D eigenvalue weighted by Gasteiger charge is 2.26. The van der Waals surface area contributed by atoms with Gasteiger partial charge in [-0.2, -0.15) is 0 Å². The van der Waals surface area contributed by atoms with E-state index >= 15 is 0 Å². The summed E-state index contributed by atoms with van der Waals surface area (Å²) in [4.78, 5) is 23.6. The molecular weight excluding hydrogens is 379 g/mol. The molecule has 0 spiro atoms. The van der Waals surface area contributed by atoms with E-state index in [0.717, 1.165) is 48.9 Å². The Balaban J connectivity index is 0.00000156. The normalized spacial score (nSPS) is 16.0. The van der Waals surface area contributed by atoms with Crippen LogP contribution >= 0.6 is 36.2 Å². The summed E-state index contributed by atoms with van der Waals surface area (Å²) in [6, 6.07) is 6.11. The van der Waals surface area contributed by atoms with Crippen LogP contribution in [0.2, 0.25) is 0 Å². The van der Waals surface area contributed by atoms with E-state index in [4.69, 9.17) is 0 Å². The number of thiazole rings is 1. The molecule has 138 valence electrons. The maximum atomic E-state index is 12.7. The van der Waals surface area contributed by atoms with E-state index in [1.165, 1.54) is 0 Å². The fourth-order valence-electron chi connectivity index (χ4n) is 2.91. The molecule has 0 saturated carbocycles. The third-order valence-corrected chi connectivity index (χ3v) is 4.94. The molecule has 0 aromatic carbocycles. The molecule has 0 radical (unpaired) electrons. The average Bonchev–Trinajstić information content (AvgIpc) is 3.25. The Morgan fingerprint density at radius 3 is 2.88 bits per heavy atom. The first-order chi connectivity index (χ1) is 11.3. The van der Waals surface area contributed by atoms with E-state index in [9.17, 15) is 4.79 Å². The molecule has 0 bridgehead atoms. The van der Waals surface area contributed by atoms with Gasteiger partial charge in [0, 0.05) is 30.7 Å². The Morgan fingerprint density at radius 2 is 2.24 bits per heavy atom. The summed E-state index contributed by atoms with van der Waals surface area (Å²) >= 11 is 1.55. The van der Waals surface area contributed by atoms with Crippen molar-refractivity contribution in [2.45, 2.75) is 32.2 Å². The Kier molecular flexibility index (Phi) is 9.35. The third kappa shape index (κ3) is 5.64. The smallest absolute Gasteiger partial charge is 0.228 e. The molecule has 1 unspecified atom stereocenters. The number of nitrogens with one attached hydrogen (secondary N) is 1. The van der Waals surface area contributed by atoms with Crippen LogP contribution < -0.4 is 5.32 Å². The third-order valence-electron chi connectivity index (χ3n) is 4.03. The van der Waals surface area contributed by atoms with Gasteiger partial charge >= 0.3 is 0 Å². The van der Waals surface area contributed by atoms with Crippen molar-refractivity contribution in [3.05, 3.63) is 35.5 Å². The average molecular weight is 403 g/mol. The standard InChI is InChI=1S/C17H22N4OS.2ClH/c1-2-9-21(14-6-8-18-11-14)16(22)10-13-12-23-17(20-13)15-5-3-4-7-19-15;;/h3-5,7,12,14,18H,2,6,8-11H2,1H3;2*1H. The van der Waals surface area contributed by atoms with Gasteiger partial charge < -0.3 is 10.2 Å². The summed E-state index contributed by atoms with van der Waals surface area (Å²) in [7, 11) is 0. The molecule has 1 saturated heterocycles. The van der Waals surface area contributed by atoms with E-state index < -0.39 is 0 Å². The summed E-state index contributed by atoms with van der Waals surface area (Å²) in [6.07, 6.45) is 4.16. The fourth-order valence-corrected chi connectivity index (χ4v) is 3.70. The van der Waals surface area contributed by atoms with Crippen molar-refractivity contribution in [3.8, 4) is 10.7 Å². The first-order valence-corrected chi connectivity index (χ1v) is 9.02. The van der Waals surface area contributed by atoms with Crippen molar-refractivity contribution in [1.29, 1.82) is 0 Å². The highest BCUT2D eigenvalue weighted by molar-refractivity contribution is 7.13. The van der Waals surface area contributed by atoms with Crippen LogP contribution in [0.25, 0.3) is 10.7 Å². The lowest BCUT2D eigenvalue weighted by atomic mass is 10.2. The molecule has 2 aromatic heterocycles. The highest BCUT2D eigenvalue weighted by atomic mass is 35.5. The van der Waals surface area contributed by atoms with Crippen molar-refractivity contribution >= 4 is 42.1 Å². The largest absolute Gasteiger partial charge is 0.338 e. The predicted molar refractivity (Wildman–Crippen MR) is 107 cm³/mol. The van der Waals surface area contributed by atoms with Crippen LogP contribution in [-0.2, 0) is 11.2 Å². The quantitative estimate of drug-likeness (QED) is 0.805. The molecule has 1 aliphatic heterocycles. The zero-order valence-electron chi connectivity index (χ0n) is 14.2. The summed E-state index contributed by atoms with van der Waals surface area (Å²) in [5.41, 5.74) is 1.70. The van der Waals surface area contributed by atoms with Gasteiger partial charge in [0.15, 0.2) is 0 Å². The minimum atomic E-state index is 0. The molecule has 3 rings (SSSR count). The van der Waals surface area contributed by atoms with Gasteiger partial charge in [-0.1, -0.05) is 13.0 Å². The van der Waals surface area contributed by atoms with E-state index in [-0.39, 0.29) is 30.7 Å². The fraction of sp³-hybridized carbons (Fsp3) is 0.471. The number of amides is 1. The summed E-state index contributed by atoms with van der Waals surface area (Å²) in [5.74, 6) is 0.179. The molecule has 1 fully saturated rings. The van der Waals surface area contributed by atoms with Crippen LogP contribution in [0, 0.1) is 0 Å². The van der Waals surface area contributed by atoms with Crippen molar-refractivity contribution in [2.75, 3.05) is 19.6 Å². The summed E-state index contributed by atoms with van der Waals surface area (Å²) in [5, 5.41) is 6.18. The molecule has 1 atom stereocenters. The molecule has 3 heterocycles. The monoisotopic (exact) mass is 402 g/mol. The molecular formula is C17H24Cl2N4OS. The first kappa shape index (κ1) is 21.8. The topological polar surface area (TPSA) is 58.1 Å². The second-order valence-electron chi connectivity index (χ2n) is 5.77. The minimum absolute atomic E-state index is 0. The lowest BCUT2D eigenvalue weighted by molar-refractivity contribution is -0.132. The SMILES string of the molecule is CCCN(C(=O)Cc1csc(-c2ccccn2)n1)C1CCNC1.Cl.Cl. The summed E-state index contributed by atoms with van der Waals surface area (Å²) in [6.45, 7) is 4.84. The van der Waals surface area contributed by atoms with Gasteiger partial charge in [0.05, 0.1) is 17.8 Å². The van der Waals surface area contributed by atoms with Crippen LogP contribution in [0.15, 0.2) is 29.8 Å². The highest BCUT2D eigenvalue weighted by Crippen LogP contribution is 2.22. The summed E-state index contributed by atoms with van der Waals surface area (Å²) < 4.78 is 0. The van der Waals surface area contributed by atoms with Crippen LogP contribution in [0.1, 0.15) is 25.5 Å². The van der Waals surface area contributed by atoms with Gasteiger partial charge in [0.2, 0.25) is 5.91 Å². The number of nitrogens with zero attached hydrogens (tertiary/aromatic N) is 3. The Bertz CT molecular complexity index is 647. The minimum Gasteiger partial charge on any atom is -0.338 e. The predicted octanol–water partition coefficient (Wildman–Crippen LogP) is 3.19. The molecule has 25 heavy (non-hydrogen) atoms. The van der Waals surface area contributed by atoms with E-state index in [0.29, 0.717) is 12.5 Å². The number of hydrogen-bond acceptors (Lipinski definition) is 5. The second-order valence-corrected chi connectivity index (χ2v) is 6.63. The Hall–Kier alpha value is -1.21. The van der Waals surface area contributed by atoms with Gasteiger partial charge in [-0.3, -0.25) is 9.78 Å². The second kappa shape index (κ2) is 10.7. The zero-order chi connectivity index (χ0) is 16.1. The van der Waals surface area contributed by atoms with Gasteiger partial charge in [0.1, 0.15) is 5.01 Å². The van der Waals surface area contributed by atoms with E-state index in [1.807, 2.05) is 28.5 Å². The number of rotatable bonds is 6. The maximum Gasteiger partial charge on any atom is 0.228 e. The molecule has 1 amide bonds.